The molecule has 1 N–H and O–H groups in total. The van der Waals surface area contributed by atoms with Crippen LogP contribution in [0.25, 0.3) is 0 Å². The molecule has 0 bridgehead atoms. The molecule has 2 rings (SSSR count). The Bertz CT molecular complexity index is 427. The highest BCUT2D eigenvalue weighted by Crippen LogP contribution is 2.03. The van der Waals surface area contributed by atoms with Crippen LogP contribution in [0.2, 0.25) is 0 Å². The maximum atomic E-state index is 11.8. The third-order valence-corrected chi connectivity index (χ3v) is 4.37. The molecule has 1 saturated heterocycles. The molecule has 1 fully saturated rings. The van der Waals surface area contributed by atoms with Gasteiger partial charge in [-0.25, -0.2) is 0 Å². The Hall–Kier alpha value is -1.39. The van der Waals surface area contributed by atoms with Crippen molar-refractivity contribution in [2.75, 3.05) is 45.8 Å². The largest absolute Gasteiger partial charge is 0.356 e. The highest BCUT2D eigenvalue weighted by atomic mass is 16.1. The van der Waals surface area contributed by atoms with Crippen molar-refractivity contribution in [2.45, 2.75) is 26.2 Å². The number of carbonyl (C=O) groups is 1. The van der Waals surface area contributed by atoms with E-state index in [1.54, 1.807) is 0 Å². The van der Waals surface area contributed by atoms with Gasteiger partial charge in [0.1, 0.15) is 0 Å². The first-order valence-corrected chi connectivity index (χ1v) is 8.53. The summed E-state index contributed by atoms with van der Waals surface area (Å²) in [6.07, 6.45) is 2.45. The molecule has 0 aliphatic carbocycles. The molecular weight excluding hydrogens is 274 g/mol. The van der Waals surface area contributed by atoms with Gasteiger partial charge in [-0.1, -0.05) is 37.3 Å². The molecule has 4 nitrogen and oxygen atoms in total. The molecule has 0 saturated carbocycles. The van der Waals surface area contributed by atoms with Crippen LogP contribution in [0.3, 0.4) is 0 Å². The fraction of sp³-hybridized carbons (Fsp3) is 0.611. The Kier molecular flexibility index (Phi) is 7.40. The third-order valence-electron chi connectivity index (χ3n) is 4.37. The van der Waals surface area contributed by atoms with Gasteiger partial charge in [0.2, 0.25) is 5.91 Å². The first-order chi connectivity index (χ1) is 10.8. The van der Waals surface area contributed by atoms with E-state index in [2.05, 4.69) is 34.2 Å². The number of nitrogens with zero attached hydrogens (tertiary/aromatic N) is 2. The van der Waals surface area contributed by atoms with E-state index in [1.165, 1.54) is 18.7 Å². The van der Waals surface area contributed by atoms with Crippen molar-refractivity contribution < 1.29 is 4.79 Å². The molecule has 1 aliphatic heterocycles. The summed E-state index contributed by atoms with van der Waals surface area (Å²) in [6.45, 7) is 9.95. The first-order valence-electron chi connectivity index (χ1n) is 8.53. The van der Waals surface area contributed by atoms with E-state index in [4.69, 9.17) is 0 Å². The minimum atomic E-state index is 0.166. The van der Waals surface area contributed by atoms with E-state index in [9.17, 15) is 4.79 Å². The van der Waals surface area contributed by atoms with E-state index in [0.29, 0.717) is 6.42 Å². The molecule has 0 spiro atoms. The summed E-state index contributed by atoms with van der Waals surface area (Å²) < 4.78 is 0. The average molecular weight is 303 g/mol. The van der Waals surface area contributed by atoms with Crippen molar-refractivity contribution in [1.29, 1.82) is 0 Å². The summed E-state index contributed by atoms with van der Waals surface area (Å²) in [5.41, 5.74) is 1.23. The number of hydrogen-bond acceptors (Lipinski definition) is 3. The quantitative estimate of drug-likeness (QED) is 0.743. The fourth-order valence-corrected chi connectivity index (χ4v) is 2.85. The molecule has 122 valence electrons. The Morgan fingerprint density at radius 1 is 1.09 bits per heavy atom. The molecule has 0 radical (unpaired) electrons. The summed E-state index contributed by atoms with van der Waals surface area (Å²) in [7, 11) is 0. The lowest BCUT2D eigenvalue weighted by atomic mass is 10.1. The van der Waals surface area contributed by atoms with E-state index >= 15 is 0 Å². The zero-order valence-electron chi connectivity index (χ0n) is 13.8. The van der Waals surface area contributed by atoms with Gasteiger partial charge in [-0.3, -0.25) is 4.79 Å². The van der Waals surface area contributed by atoms with E-state index in [0.717, 1.165) is 45.6 Å². The number of likely N-dealkylation sites (N-methyl/N-ethyl adjacent to an activating group) is 1. The Morgan fingerprint density at radius 3 is 2.45 bits per heavy atom. The van der Waals surface area contributed by atoms with Crippen LogP contribution >= 0.6 is 0 Å². The van der Waals surface area contributed by atoms with Crippen molar-refractivity contribution in [2.24, 2.45) is 0 Å². The van der Waals surface area contributed by atoms with Crippen LogP contribution in [0.1, 0.15) is 25.3 Å². The van der Waals surface area contributed by atoms with Gasteiger partial charge in [0, 0.05) is 39.1 Å². The van der Waals surface area contributed by atoms with Gasteiger partial charge in [0.15, 0.2) is 0 Å². The summed E-state index contributed by atoms with van der Waals surface area (Å²) in [4.78, 5) is 16.8. The number of nitrogens with one attached hydrogen (secondary N) is 1. The number of carbonyl (C=O) groups excluding carboxylic acids is 1. The zero-order chi connectivity index (χ0) is 15.6. The summed E-state index contributed by atoms with van der Waals surface area (Å²) in [6, 6.07) is 10.2. The van der Waals surface area contributed by atoms with Crippen LogP contribution in [-0.2, 0) is 11.2 Å². The third kappa shape index (κ3) is 6.16. The first kappa shape index (κ1) is 17.0. The van der Waals surface area contributed by atoms with Gasteiger partial charge < -0.3 is 15.1 Å². The molecule has 1 heterocycles. The van der Waals surface area contributed by atoms with Gasteiger partial charge in [-0.15, -0.1) is 0 Å². The number of hydrogen-bond donors (Lipinski definition) is 1. The molecule has 0 atom stereocenters. The Morgan fingerprint density at radius 2 is 1.77 bits per heavy atom. The molecule has 0 aromatic heterocycles. The molecule has 1 aromatic carbocycles. The fourth-order valence-electron chi connectivity index (χ4n) is 2.85. The smallest absolute Gasteiger partial charge is 0.220 e. The van der Waals surface area contributed by atoms with Gasteiger partial charge in [-0.2, -0.15) is 0 Å². The second-order valence-electron chi connectivity index (χ2n) is 5.97. The molecule has 1 aliphatic rings. The topological polar surface area (TPSA) is 35.6 Å². The van der Waals surface area contributed by atoms with Crippen molar-refractivity contribution >= 4 is 5.91 Å². The Balaban J connectivity index is 1.50. The van der Waals surface area contributed by atoms with Gasteiger partial charge in [0.05, 0.1) is 0 Å². The minimum absolute atomic E-state index is 0.166. The van der Waals surface area contributed by atoms with Gasteiger partial charge in [-0.05, 0) is 31.5 Å². The van der Waals surface area contributed by atoms with E-state index < -0.39 is 0 Å². The normalized spacial score (nSPS) is 16.6. The average Bonchev–Trinajstić information content (AvgIpc) is 2.58. The maximum Gasteiger partial charge on any atom is 0.220 e. The SMILES string of the molecule is CCN1CCN(CCCNC(=O)CCc2ccccc2)CC1. The molecule has 1 aromatic rings. The van der Waals surface area contributed by atoms with Crippen LogP contribution in [0.5, 0.6) is 0 Å². The lowest BCUT2D eigenvalue weighted by Crippen LogP contribution is -2.46. The van der Waals surface area contributed by atoms with Crippen molar-refractivity contribution in [3.63, 3.8) is 0 Å². The van der Waals surface area contributed by atoms with Crippen molar-refractivity contribution in [3.8, 4) is 0 Å². The number of amides is 1. The number of piperazine rings is 1. The molecule has 1 amide bonds. The van der Waals surface area contributed by atoms with Crippen LogP contribution in [0.4, 0.5) is 0 Å². The monoisotopic (exact) mass is 303 g/mol. The van der Waals surface area contributed by atoms with Gasteiger partial charge in [0.25, 0.3) is 0 Å². The predicted molar refractivity (Wildman–Crippen MR) is 90.9 cm³/mol. The van der Waals surface area contributed by atoms with Crippen LogP contribution in [-0.4, -0.2) is 61.5 Å². The highest BCUT2D eigenvalue weighted by Gasteiger charge is 2.14. The molecule has 0 unspecified atom stereocenters. The van der Waals surface area contributed by atoms with Crippen LogP contribution in [0, 0.1) is 0 Å². The number of rotatable bonds is 8. The molecule has 22 heavy (non-hydrogen) atoms. The summed E-state index contributed by atoms with van der Waals surface area (Å²) in [5.74, 6) is 0.166. The highest BCUT2D eigenvalue weighted by molar-refractivity contribution is 5.76. The second-order valence-corrected chi connectivity index (χ2v) is 5.97. The lowest BCUT2D eigenvalue weighted by Gasteiger charge is -2.33. The van der Waals surface area contributed by atoms with Crippen LogP contribution < -0.4 is 5.32 Å². The van der Waals surface area contributed by atoms with Gasteiger partial charge >= 0.3 is 0 Å². The maximum absolute atomic E-state index is 11.8. The number of benzene rings is 1. The zero-order valence-corrected chi connectivity index (χ0v) is 13.8. The van der Waals surface area contributed by atoms with Crippen LogP contribution in [0.15, 0.2) is 30.3 Å². The van der Waals surface area contributed by atoms with E-state index in [-0.39, 0.29) is 5.91 Å². The predicted octanol–water partition coefficient (Wildman–Crippen LogP) is 1.76. The Labute approximate surface area is 134 Å². The summed E-state index contributed by atoms with van der Waals surface area (Å²) >= 11 is 0. The van der Waals surface area contributed by atoms with Crippen molar-refractivity contribution in [3.05, 3.63) is 35.9 Å². The minimum Gasteiger partial charge on any atom is -0.356 e. The number of aryl methyl sites for hydroxylation is 1. The summed E-state index contributed by atoms with van der Waals surface area (Å²) in [5, 5.41) is 3.04. The molecular formula is C18H29N3O. The second kappa shape index (κ2) is 9.59. The standard InChI is InChI=1S/C18H29N3O/c1-2-20-13-15-21(16-14-20)12-6-11-19-18(22)10-9-17-7-4-3-5-8-17/h3-5,7-8H,2,6,9-16H2,1H3,(H,19,22). The molecule has 4 heteroatoms. The van der Waals surface area contributed by atoms with Crippen molar-refractivity contribution in [1.82, 2.24) is 15.1 Å². The lowest BCUT2D eigenvalue weighted by molar-refractivity contribution is -0.121. The van der Waals surface area contributed by atoms with E-state index in [1.807, 2.05) is 18.2 Å².